The number of unbranched alkanes of at least 4 members (excludes halogenated alkanes) is 1. The van der Waals surface area contributed by atoms with Crippen LogP contribution in [0.3, 0.4) is 0 Å². The van der Waals surface area contributed by atoms with E-state index in [9.17, 15) is 0 Å². The molecule has 116 valence electrons. The monoisotopic (exact) mass is 298 g/mol. The summed E-state index contributed by atoms with van der Waals surface area (Å²) >= 11 is 2.01. The summed E-state index contributed by atoms with van der Waals surface area (Å²) in [6, 6.07) is 0. The number of nitrogens with two attached hydrogens (primary N) is 1. The molecule has 2 saturated heterocycles. The van der Waals surface area contributed by atoms with Crippen molar-refractivity contribution < 1.29 is 0 Å². The highest BCUT2D eigenvalue weighted by molar-refractivity contribution is 7.99. The van der Waals surface area contributed by atoms with Crippen molar-refractivity contribution in [2.45, 2.75) is 32.6 Å². The van der Waals surface area contributed by atoms with Crippen LogP contribution in [0.15, 0.2) is 4.99 Å². The zero-order valence-corrected chi connectivity index (χ0v) is 13.7. The molecule has 5 heteroatoms. The molecule has 0 spiro atoms. The summed E-state index contributed by atoms with van der Waals surface area (Å²) in [7, 11) is 0. The van der Waals surface area contributed by atoms with Gasteiger partial charge in [0.1, 0.15) is 0 Å². The minimum Gasteiger partial charge on any atom is -0.370 e. The fourth-order valence-corrected chi connectivity index (χ4v) is 3.72. The van der Waals surface area contributed by atoms with Crippen molar-refractivity contribution in [1.29, 1.82) is 0 Å². The molecule has 0 aromatic carbocycles. The quantitative estimate of drug-likeness (QED) is 0.478. The van der Waals surface area contributed by atoms with Crippen LogP contribution in [0, 0.1) is 5.92 Å². The lowest BCUT2D eigenvalue weighted by molar-refractivity contribution is 0.190. The van der Waals surface area contributed by atoms with E-state index in [4.69, 9.17) is 5.73 Å². The molecule has 2 aliphatic heterocycles. The Hall–Kier alpha value is -0.420. The molecule has 0 aromatic heterocycles. The van der Waals surface area contributed by atoms with Crippen LogP contribution in [-0.2, 0) is 0 Å². The zero-order valence-electron chi connectivity index (χ0n) is 12.9. The second-order valence-corrected chi connectivity index (χ2v) is 7.30. The lowest BCUT2D eigenvalue weighted by Crippen LogP contribution is -2.42. The van der Waals surface area contributed by atoms with Gasteiger partial charge in [-0.3, -0.25) is 4.99 Å². The molecule has 0 saturated carbocycles. The van der Waals surface area contributed by atoms with E-state index in [1.54, 1.807) is 0 Å². The van der Waals surface area contributed by atoms with Crippen LogP contribution < -0.4 is 5.73 Å². The third kappa shape index (κ3) is 5.52. The Bertz CT molecular complexity index is 294. The van der Waals surface area contributed by atoms with E-state index in [1.807, 2.05) is 11.8 Å². The molecule has 0 aliphatic carbocycles. The highest BCUT2D eigenvalue weighted by atomic mass is 32.2. The fourth-order valence-electron chi connectivity index (χ4n) is 2.82. The number of piperidine rings is 1. The van der Waals surface area contributed by atoms with Crippen molar-refractivity contribution in [3.63, 3.8) is 0 Å². The summed E-state index contributed by atoms with van der Waals surface area (Å²) in [5, 5.41) is 0. The van der Waals surface area contributed by atoms with Gasteiger partial charge < -0.3 is 15.5 Å². The molecule has 0 amide bonds. The van der Waals surface area contributed by atoms with Crippen molar-refractivity contribution >= 4 is 17.7 Å². The standard InChI is InChI=1S/C15H30N4S/c1-14-4-8-18(9-5-14)7-3-2-6-17-15(16)19-10-12-20-13-11-19/h14H,2-13H2,1H3,(H2,16,17). The Labute approximate surface area is 128 Å². The number of hydrogen-bond donors (Lipinski definition) is 1. The molecule has 2 aliphatic rings. The summed E-state index contributed by atoms with van der Waals surface area (Å²) in [4.78, 5) is 9.37. The van der Waals surface area contributed by atoms with Gasteiger partial charge in [0.25, 0.3) is 0 Å². The van der Waals surface area contributed by atoms with Gasteiger partial charge in [0.05, 0.1) is 0 Å². The van der Waals surface area contributed by atoms with Crippen LogP contribution in [0.1, 0.15) is 32.6 Å². The second kappa shape index (κ2) is 8.78. The van der Waals surface area contributed by atoms with Crippen molar-refractivity contribution in [2.24, 2.45) is 16.6 Å². The molecular formula is C15H30N4S. The van der Waals surface area contributed by atoms with Crippen molar-refractivity contribution in [3.8, 4) is 0 Å². The van der Waals surface area contributed by atoms with Crippen molar-refractivity contribution in [2.75, 3.05) is 50.8 Å². The van der Waals surface area contributed by atoms with E-state index in [0.717, 1.165) is 37.9 Å². The molecular weight excluding hydrogens is 268 g/mol. The van der Waals surface area contributed by atoms with Crippen LogP contribution in [0.2, 0.25) is 0 Å². The summed E-state index contributed by atoms with van der Waals surface area (Å²) in [6.07, 6.45) is 5.16. The number of nitrogens with zero attached hydrogens (tertiary/aromatic N) is 3. The van der Waals surface area contributed by atoms with E-state index < -0.39 is 0 Å². The Kier molecular flexibility index (Phi) is 7.00. The van der Waals surface area contributed by atoms with Gasteiger partial charge in [-0.1, -0.05) is 6.92 Å². The average molecular weight is 299 g/mol. The van der Waals surface area contributed by atoms with E-state index in [1.165, 1.54) is 50.4 Å². The minimum absolute atomic E-state index is 0.761. The topological polar surface area (TPSA) is 44.9 Å². The number of rotatable bonds is 5. The molecule has 0 atom stereocenters. The molecule has 0 bridgehead atoms. The average Bonchev–Trinajstić information content (AvgIpc) is 2.49. The van der Waals surface area contributed by atoms with Crippen molar-refractivity contribution in [1.82, 2.24) is 9.80 Å². The Morgan fingerprint density at radius 2 is 1.85 bits per heavy atom. The molecule has 0 aromatic rings. The van der Waals surface area contributed by atoms with E-state index >= 15 is 0 Å². The Balaban J connectivity index is 1.54. The van der Waals surface area contributed by atoms with Crippen LogP contribution in [0.4, 0.5) is 0 Å². The molecule has 2 heterocycles. The first-order valence-electron chi connectivity index (χ1n) is 8.10. The lowest BCUT2D eigenvalue weighted by Gasteiger charge is -2.30. The predicted octanol–water partition coefficient (Wildman–Crippen LogP) is 1.86. The number of likely N-dealkylation sites (tertiary alicyclic amines) is 1. The molecule has 4 nitrogen and oxygen atoms in total. The third-order valence-corrected chi connectivity index (χ3v) is 5.31. The van der Waals surface area contributed by atoms with Gasteiger partial charge in [-0.25, -0.2) is 0 Å². The Morgan fingerprint density at radius 3 is 2.55 bits per heavy atom. The lowest BCUT2D eigenvalue weighted by atomic mass is 9.99. The van der Waals surface area contributed by atoms with Gasteiger partial charge in [-0.15, -0.1) is 0 Å². The van der Waals surface area contributed by atoms with E-state index in [2.05, 4.69) is 21.7 Å². The fraction of sp³-hybridized carbons (Fsp3) is 0.933. The van der Waals surface area contributed by atoms with E-state index in [0.29, 0.717) is 0 Å². The van der Waals surface area contributed by atoms with Gasteiger partial charge in [0.2, 0.25) is 0 Å². The maximum Gasteiger partial charge on any atom is 0.191 e. The molecule has 2 fully saturated rings. The maximum absolute atomic E-state index is 6.04. The molecule has 20 heavy (non-hydrogen) atoms. The van der Waals surface area contributed by atoms with Crippen LogP contribution in [0.25, 0.3) is 0 Å². The third-order valence-electron chi connectivity index (χ3n) is 4.37. The van der Waals surface area contributed by atoms with Gasteiger partial charge >= 0.3 is 0 Å². The van der Waals surface area contributed by atoms with Crippen LogP contribution in [-0.4, -0.2) is 66.5 Å². The normalized spacial score (nSPS) is 23.2. The first-order valence-corrected chi connectivity index (χ1v) is 9.26. The molecule has 2 N–H and O–H groups in total. The summed E-state index contributed by atoms with van der Waals surface area (Å²) < 4.78 is 0. The number of guanidine groups is 1. The number of thioether (sulfide) groups is 1. The predicted molar refractivity (Wildman–Crippen MR) is 89.5 cm³/mol. The first kappa shape index (κ1) is 16.0. The van der Waals surface area contributed by atoms with Crippen LogP contribution >= 0.6 is 11.8 Å². The summed E-state index contributed by atoms with van der Waals surface area (Å²) in [5.74, 6) is 4.06. The molecule has 0 unspecified atom stereocenters. The summed E-state index contributed by atoms with van der Waals surface area (Å²) in [5.41, 5.74) is 6.04. The van der Waals surface area contributed by atoms with Gasteiger partial charge in [0.15, 0.2) is 5.96 Å². The highest BCUT2D eigenvalue weighted by Crippen LogP contribution is 2.16. The molecule has 0 radical (unpaired) electrons. The van der Waals surface area contributed by atoms with Crippen molar-refractivity contribution in [3.05, 3.63) is 0 Å². The van der Waals surface area contributed by atoms with Crippen LogP contribution in [0.5, 0.6) is 0 Å². The maximum atomic E-state index is 6.04. The first-order chi connectivity index (χ1) is 9.75. The number of aliphatic imine (C=N–C) groups is 1. The largest absolute Gasteiger partial charge is 0.370 e. The number of hydrogen-bond acceptors (Lipinski definition) is 3. The van der Waals surface area contributed by atoms with Gasteiger partial charge in [0, 0.05) is 31.1 Å². The van der Waals surface area contributed by atoms with Gasteiger partial charge in [-0.05, 0) is 51.2 Å². The van der Waals surface area contributed by atoms with E-state index in [-0.39, 0.29) is 0 Å². The summed E-state index contributed by atoms with van der Waals surface area (Å²) in [6.45, 7) is 9.20. The zero-order chi connectivity index (χ0) is 14.2. The smallest absolute Gasteiger partial charge is 0.191 e. The second-order valence-electron chi connectivity index (χ2n) is 6.07. The minimum atomic E-state index is 0.761. The highest BCUT2D eigenvalue weighted by Gasteiger charge is 2.15. The molecule has 2 rings (SSSR count). The van der Waals surface area contributed by atoms with Gasteiger partial charge in [-0.2, -0.15) is 11.8 Å². The SMILES string of the molecule is CC1CCN(CCCCN=C(N)N2CCSCC2)CC1. The Morgan fingerprint density at radius 1 is 1.15 bits per heavy atom.